The molecule has 1 fully saturated rings. The Bertz CT molecular complexity index is 643. The van der Waals surface area contributed by atoms with Crippen LogP contribution in [0.5, 0.6) is 0 Å². The third kappa shape index (κ3) is 5.31. The van der Waals surface area contributed by atoms with Crippen molar-refractivity contribution in [2.24, 2.45) is 5.92 Å². The Morgan fingerprint density at radius 2 is 1.72 bits per heavy atom. The summed E-state index contributed by atoms with van der Waals surface area (Å²) in [5, 5.41) is 8.16. The van der Waals surface area contributed by atoms with Gasteiger partial charge in [-0.15, -0.1) is 0 Å². The first kappa shape index (κ1) is 19.0. The van der Waals surface area contributed by atoms with Crippen molar-refractivity contribution >= 4 is 23.4 Å². The monoisotopic (exact) mass is 345 g/mol. The van der Waals surface area contributed by atoms with Crippen molar-refractivity contribution in [3.63, 3.8) is 0 Å². The quantitative estimate of drug-likeness (QED) is 0.733. The van der Waals surface area contributed by atoms with E-state index in [0.29, 0.717) is 17.2 Å². The SMILES string of the molecule is CC(C)NC(=O)c1ccccc1NC(=O)C(=O)N[C@H]1CCCC[C@H]1C. The lowest BCUT2D eigenvalue weighted by Gasteiger charge is -2.29. The van der Waals surface area contributed by atoms with Gasteiger partial charge in [0.15, 0.2) is 0 Å². The number of para-hydroxylation sites is 1. The first-order chi connectivity index (χ1) is 11.9. The van der Waals surface area contributed by atoms with E-state index < -0.39 is 11.8 Å². The zero-order chi connectivity index (χ0) is 18.4. The molecule has 0 bridgehead atoms. The molecule has 1 aliphatic carbocycles. The topological polar surface area (TPSA) is 87.3 Å². The molecule has 0 radical (unpaired) electrons. The summed E-state index contributed by atoms with van der Waals surface area (Å²) in [6, 6.07) is 6.68. The third-order valence-corrected chi connectivity index (χ3v) is 4.47. The van der Waals surface area contributed by atoms with Crippen LogP contribution in [-0.2, 0) is 9.59 Å². The molecule has 1 aliphatic rings. The van der Waals surface area contributed by atoms with Crippen molar-refractivity contribution in [2.45, 2.75) is 58.5 Å². The molecule has 2 rings (SSSR count). The smallest absolute Gasteiger partial charge is 0.313 e. The standard InChI is InChI=1S/C19H27N3O3/c1-12(2)20-17(23)14-9-5-7-11-16(14)22-19(25)18(24)21-15-10-6-4-8-13(15)3/h5,7,9,11-13,15H,4,6,8,10H2,1-3H3,(H,20,23)(H,21,24)(H,22,25)/t13-,15+/m1/s1. The van der Waals surface area contributed by atoms with E-state index in [2.05, 4.69) is 22.9 Å². The number of hydrogen-bond acceptors (Lipinski definition) is 3. The lowest BCUT2D eigenvalue weighted by Crippen LogP contribution is -2.46. The van der Waals surface area contributed by atoms with Gasteiger partial charge in [-0.3, -0.25) is 14.4 Å². The van der Waals surface area contributed by atoms with Crippen LogP contribution in [0.4, 0.5) is 5.69 Å². The average Bonchev–Trinajstić information content (AvgIpc) is 2.56. The first-order valence-corrected chi connectivity index (χ1v) is 8.90. The fourth-order valence-electron chi connectivity index (χ4n) is 3.07. The maximum atomic E-state index is 12.2. The van der Waals surface area contributed by atoms with Crippen molar-refractivity contribution in [1.82, 2.24) is 10.6 Å². The Balaban J connectivity index is 2.02. The Hall–Kier alpha value is -2.37. The highest BCUT2D eigenvalue weighted by Crippen LogP contribution is 2.23. The van der Waals surface area contributed by atoms with Gasteiger partial charge in [-0.05, 0) is 44.7 Å². The maximum absolute atomic E-state index is 12.2. The van der Waals surface area contributed by atoms with Crippen LogP contribution in [0.2, 0.25) is 0 Å². The van der Waals surface area contributed by atoms with E-state index >= 15 is 0 Å². The largest absolute Gasteiger partial charge is 0.350 e. The number of carbonyl (C=O) groups excluding carboxylic acids is 3. The Kier molecular flexibility index (Phi) is 6.56. The molecule has 3 N–H and O–H groups in total. The lowest BCUT2D eigenvalue weighted by molar-refractivity contribution is -0.137. The van der Waals surface area contributed by atoms with Crippen LogP contribution in [0.15, 0.2) is 24.3 Å². The molecule has 1 aromatic carbocycles. The van der Waals surface area contributed by atoms with E-state index in [1.165, 1.54) is 0 Å². The van der Waals surface area contributed by atoms with E-state index in [-0.39, 0.29) is 18.0 Å². The van der Waals surface area contributed by atoms with Crippen LogP contribution >= 0.6 is 0 Å². The predicted molar refractivity (Wildman–Crippen MR) is 97.2 cm³/mol. The van der Waals surface area contributed by atoms with Crippen molar-refractivity contribution in [2.75, 3.05) is 5.32 Å². The predicted octanol–water partition coefficient (Wildman–Crippen LogP) is 2.46. The minimum absolute atomic E-state index is 0.0210. The van der Waals surface area contributed by atoms with Crippen molar-refractivity contribution < 1.29 is 14.4 Å². The molecule has 0 aromatic heterocycles. The summed E-state index contributed by atoms with van der Waals surface area (Å²) < 4.78 is 0. The van der Waals surface area contributed by atoms with Gasteiger partial charge in [-0.2, -0.15) is 0 Å². The summed E-state index contributed by atoms with van der Waals surface area (Å²) in [5.74, 6) is -1.32. The first-order valence-electron chi connectivity index (χ1n) is 8.90. The molecule has 6 nitrogen and oxygen atoms in total. The summed E-state index contributed by atoms with van der Waals surface area (Å²) in [6.07, 6.45) is 4.19. The van der Waals surface area contributed by atoms with E-state index in [0.717, 1.165) is 25.7 Å². The van der Waals surface area contributed by atoms with E-state index in [9.17, 15) is 14.4 Å². The number of nitrogens with one attached hydrogen (secondary N) is 3. The highest BCUT2D eigenvalue weighted by molar-refractivity contribution is 6.40. The second kappa shape index (κ2) is 8.65. The van der Waals surface area contributed by atoms with E-state index in [1.54, 1.807) is 24.3 Å². The third-order valence-electron chi connectivity index (χ3n) is 4.47. The molecular weight excluding hydrogens is 318 g/mol. The molecule has 1 aromatic rings. The Labute approximate surface area is 148 Å². The average molecular weight is 345 g/mol. The summed E-state index contributed by atoms with van der Waals surface area (Å²) >= 11 is 0. The number of hydrogen-bond donors (Lipinski definition) is 3. The van der Waals surface area contributed by atoms with Gasteiger partial charge in [0, 0.05) is 12.1 Å². The maximum Gasteiger partial charge on any atom is 0.313 e. The van der Waals surface area contributed by atoms with Gasteiger partial charge >= 0.3 is 11.8 Å². The molecule has 136 valence electrons. The highest BCUT2D eigenvalue weighted by atomic mass is 16.2. The van der Waals surface area contributed by atoms with Gasteiger partial charge in [-0.1, -0.05) is 31.9 Å². The Morgan fingerprint density at radius 1 is 1.04 bits per heavy atom. The molecular formula is C19H27N3O3. The van der Waals surface area contributed by atoms with Crippen molar-refractivity contribution in [1.29, 1.82) is 0 Å². The van der Waals surface area contributed by atoms with E-state index in [1.807, 2.05) is 13.8 Å². The molecule has 0 spiro atoms. The van der Waals surface area contributed by atoms with Crippen LogP contribution in [0.3, 0.4) is 0 Å². The van der Waals surface area contributed by atoms with Gasteiger partial charge in [0.1, 0.15) is 0 Å². The minimum atomic E-state index is -0.748. The number of rotatable bonds is 4. The fourth-order valence-corrected chi connectivity index (χ4v) is 3.07. The minimum Gasteiger partial charge on any atom is -0.350 e. The van der Waals surface area contributed by atoms with Crippen molar-refractivity contribution in [3.8, 4) is 0 Å². The number of carbonyl (C=O) groups is 3. The van der Waals surface area contributed by atoms with Gasteiger partial charge in [-0.25, -0.2) is 0 Å². The van der Waals surface area contributed by atoms with Gasteiger partial charge < -0.3 is 16.0 Å². The molecule has 0 heterocycles. The van der Waals surface area contributed by atoms with Gasteiger partial charge in [0.2, 0.25) is 0 Å². The summed E-state index contributed by atoms with van der Waals surface area (Å²) in [5.41, 5.74) is 0.667. The van der Waals surface area contributed by atoms with Crippen LogP contribution in [0.1, 0.15) is 56.8 Å². The van der Waals surface area contributed by atoms with Gasteiger partial charge in [0.05, 0.1) is 11.3 Å². The van der Waals surface area contributed by atoms with Crippen LogP contribution < -0.4 is 16.0 Å². The number of amides is 3. The molecule has 25 heavy (non-hydrogen) atoms. The lowest BCUT2D eigenvalue weighted by atomic mass is 9.86. The fraction of sp³-hybridized carbons (Fsp3) is 0.526. The van der Waals surface area contributed by atoms with Crippen LogP contribution in [0, 0.1) is 5.92 Å². The zero-order valence-electron chi connectivity index (χ0n) is 15.1. The van der Waals surface area contributed by atoms with Crippen LogP contribution in [-0.4, -0.2) is 29.8 Å². The molecule has 0 unspecified atom stereocenters. The van der Waals surface area contributed by atoms with Crippen molar-refractivity contribution in [3.05, 3.63) is 29.8 Å². The highest BCUT2D eigenvalue weighted by Gasteiger charge is 2.26. The molecule has 0 aliphatic heterocycles. The number of anilines is 1. The Morgan fingerprint density at radius 3 is 2.40 bits per heavy atom. The second-order valence-electron chi connectivity index (χ2n) is 6.97. The summed E-state index contributed by atoms with van der Waals surface area (Å²) in [6.45, 7) is 5.81. The summed E-state index contributed by atoms with van der Waals surface area (Å²) in [7, 11) is 0. The molecule has 3 amide bonds. The number of benzene rings is 1. The molecule has 6 heteroatoms. The molecule has 0 saturated heterocycles. The second-order valence-corrected chi connectivity index (χ2v) is 6.97. The zero-order valence-corrected chi connectivity index (χ0v) is 15.1. The summed E-state index contributed by atoms with van der Waals surface area (Å²) in [4.78, 5) is 36.7. The van der Waals surface area contributed by atoms with Gasteiger partial charge in [0.25, 0.3) is 5.91 Å². The normalized spacial score (nSPS) is 20.0. The molecule has 2 atom stereocenters. The molecule has 1 saturated carbocycles. The van der Waals surface area contributed by atoms with E-state index in [4.69, 9.17) is 0 Å². The van der Waals surface area contributed by atoms with Crippen LogP contribution in [0.25, 0.3) is 0 Å².